The summed E-state index contributed by atoms with van der Waals surface area (Å²) in [5, 5.41) is 0. The normalized spacial score (nSPS) is 19.4. The Morgan fingerprint density at radius 3 is 2.64 bits per heavy atom. The van der Waals surface area contributed by atoms with Crippen molar-refractivity contribution in [3.05, 3.63) is 46.5 Å². The van der Waals surface area contributed by atoms with Crippen LogP contribution in [-0.2, 0) is 6.42 Å². The molecule has 0 saturated carbocycles. The number of hydrogen-bond donors (Lipinski definition) is 0. The molecule has 0 aromatic heterocycles. The van der Waals surface area contributed by atoms with Gasteiger partial charge in [0.15, 0.2) is 23.0 Å². The van der Waals surface area contributed by atoms with Gasteiger partial charge in [-0.25, -0.2) is 0 Å². The molecule has 3 aliphatic rings. The molecule has 6 heteroatoms. The summed E-state index contributed by atoms with van der Waals surface area (Å²) in [5.74, 6) is 2.58. The minimum Gasteiger partial charge on any atom is -0.493 e. The number of amides is 1. The molecule has 2 aromatic carbocycles. The quantitative estimate of drug-likeness (QED) is 0.842. The van der Waals surface area contributed by atoms with E-state index in [9.17, 15) is 4.79 Å². The molecule has 0 saturated heterocycles. The summed E-state index contributed by atoms with van der Waals surface area (Å²) >= 11 is 0. The average Bonchev–Trinajstić information content (AvgIpc) is 3.21. The number of benzene rings is 2. The fourth-order valence-electron chi connectivity index (χ4n) is 4.10. The molecular weight excluding hydrogens is 322 g/mol. The van der Waals surface area contributed by atoms with Crippen molar-refractivity contribution in [3.63, 3.8) is 0 Å². The van der Waals surface area contributed by atoms with Gasteiger partial charge in [0.05, 0.1) is 25.8 Å². The van der Waals surface area contributed by atoms with Gasteiger partial charge in [-0.15, -0.1) is 0 Å². The Labute approximate surface area is 144 Å². The highest BCUT2D eigenvalue weighted by atomic mass is 16.7. The maximum Gasteiger partial charge on any atom is 0.258 e. The molecule has 25 heavy (non-hydrogen) atoms. The predicted octanol–water partition coefficient (Wildman–Crippen LogP) is 2.53. The number of nitrogens with zero attached hydrogens (tertiary/aromatic N) is 1. The molecule has 128 valence electrons. The summed E-state index contributed by atoms with van der Waals surface area (Å²) in [5.41, 5.74) is 3.83. The molecule has 0 N–H and O–H groups in total. The second-order valence-corrected chi connectivity index (χ2v) is 6.32. The molecule has 6 nitrogen and oxygen atoms in total. The maximum atomic E-state index is 13.1. The van der Waals surface area contributed by atoms with Crippen molar-refractivity contribution >= 4 is 5.91 Å². The first-order chi connectivity index (χ1) is 12.2. The Morgan fingerprint density at radius 2 is 1.88 bits per heavy atom. The summed E-state index contributed by atoms with van der Waals surface area (Å²) < 4.78 is 21.9. The lowest BCUT2D eigenvalue weighted by Gasteiger charge is -2.32. The van der Waals surface area contributed by atoms with Crippen LogP contribution in [0.3, 0.4) is 0 Å². The lowest BCUT2D eigenvalue weighted by molar-refractivity contribution is 0.0737. The molecule has 1 unspecified atom stereocenters. The van der Waals surface area contributed by atoms with Crippen molar-refractivity contribution in [2.45, 2.75) is 12.5 Å². The van der Waals surface area contributed by atoms with E-state index in [0.717, 1.165) is 29.0 Å². The van der Waals surface area contributed by atoms with Crippen molar-refractivity contribution in [2.24, 2.45) is 0 Å². The highest BCUT2D eigenvalue weighted by Gasteiger charge is 2.44. The second-order valence-electron chi connectivity index (χ2n) is 6.32. The topological polar surface area (TPSA) is 57.2 Å². The molecule has 0 radical (unpaired) electrons. The summed E-state index contributed by atoms with van der Waals surface area (Å²) in [6.45, 7) is 0.906. The third kappa shape index (κ3) is 1.82. The van der Waals surface area contributed by atoms with E-state index in [4.69, 9.17) is 18.9 Å². The van der Waals surface area contributed by atoms with Gasteiger partial charge in [-0.3, -0.25) is 4.79 Å². The van der Waals surface area contributed by atoms with Gasteiger partial charge in [-0.1, -0.05) is 6.07 Å². The van der Waals surface area contributed by atoms with Crippen molar-refractivity contribution in [2.75, 3.05) is 27.6 Å². The van der Waals surface area contributed by atoms with E-state index in [-0.39, 0.29) is 18.7 Å². The number of carbonyl (C=O) groups excluding carboxylic acids is 1. The predicted molar refractivity (Wildman–Crippen MR) is 88.7 cm³/mol. The summed E-state index contributed by atoms with van der Waals surface area (Å²) in [4.78, 5) is 15.0. The SMILES string of the molecule is COc1ccc2c(c1OC)C(=O)N1CCc3cc4c(cc3C21)OCO4. The van der Waals surface area contributed by atoms with E-state index in [1.807, 2.05) is 29.2 Å². The van der Waals surface area contributed by atoms with Gasteiger partial charge >= 0.3 is 0 Å². The molecule has 1 atom stereocenters. The Kier molecular flexibility index (Phi) is 2.92. The highest BCUT2D eigenvalue weighted by Crippen LogP contribution is 2.50. The first kappa shape index (κ1) is 14.5. The van der Waals surface area contributed by atoms with Gasteiger partial charge in [0.1, 0.15) is 0 Å². The molecule has 5 rings (SSSR count). The molecule has 2 aromatic rings. The maximum absolute atomic E-state index is 13.1. The smallest absolute Gasteiger partial charge is 0.258 e. The Hall–Kier alpha value is -2.89. The van der Waals surface area contributed by atoms with Gasteiger partial charge in [-0.2, -0.15) is 0 Å². The number of carbonyl (C=O) groups is 1. The van der Waals surface area contributed by atoms with Crippen LogP contribution in [0.5, 0.6) is 23.0 Å². The summed E-state index contributed by atoms with van der Waals surface area (Å²) in [6.07, 6.45) is 0.793. The van der Waals surface area contributed by atoms with E-state index in [1.165, 1.54) is 5.56 Å². The average molecular weight is 339 g/mol. The van der Waals surface area contributed by atoms with Gasteiger partial charge in [0.2, 0.25) is 6.79 Å². The zero-order chi connectivity index (χ0) is 17.1. The molecule has 3 aliphatic heterocycles. The number of rotatable bonds is 2. The van der Waals surface area contributed by atoms with E-state index >= 15 is 0 Å². The van der Waals surface area contributed by atoms with E-state index < -0.39 is 0 Å². The van der Waals surface area contributed by atoms with Crippen LogP contribution in [-0.4, -0.2) is 38.4 Å². The Balaban J connectivity index is 1.72. The van der Waals surface area contributed by atoms with Crippen LogP contribution in [0.2, 0.25) is 0 Å². The van der Waals surface area contributed by atoms with Crippen LogP contribution < -0.4 is 18.9 Å². The van der Waals surface area contributed by atoms with Crippen LogP contribution in [0.1, 0.15) is 33.1 Å². The third-order valence-corrected chi connectivity index (χ3v) is 5.21. The van der Waals surface area contributed by atoms with Crippen molar-refractivity contribution in [3.8, 4) is 23.0 Å². The fraction of sp³-hybridized carbons (Fsp3) is 0.316. The number of fused-ring (bicyclic) bond motifs is 6. The number of ether oxygens (including phenoxy) is 4. The van der Waals surface area contributed by atoms with Gasteiger partial charge in [-0.05, 0) is 41.3 Å². The van der Waals surface area contributed by atoms with E-state index in [0.29, 0.717) is 23.6 Å². The Bertz CT molecular complexity index is 907. The van der Waals surface area contributed by atoms with E-state index in [1.54, 1.807) is 14.2 Å². The minimum absolute atomic E-state index is 0.0148. The summed E-state index contributed by atoms with van der Waals surface area (Å²) in [7, 11) is 3.14. The van der Waals surface area contributed by atoms with Gasteiger partial charge in [0.25, 0.3) is 5.91 Å². The molecular formula is C19H17NO5. The molecule has 1 amide bonds. The zero-order valence-corrected chi connectivity index (χ0v) is 14.0. The van der Waals surface area contributed by atoms with Crippen LogP contribution in [0, 0.1) is 0 Å². The van der Waals surface area contributed by atoms with Crippen molar-refractivity contribution in [1.29, 1.82) is 0 Å². The highest BCUT2D eigenvalue weighted by molar-refractivity contribution is 6.03. The van der Waals surface area contributed by atoms with Crippen LogP contribution in [0.25, 0.3) is 0 Å². The number of hydrogen-bond acceptors (Lipinski definition) is 5. The van der Waals surface area contributed by atoms with Crippen LogP contribution in [0.15, 0.2) is 24.3 Å². The van der Waals surface area contributed by atoms with Gasteiger partial charge < -0.3 is 23.8 Å². The lowest BCUT2D eigenvalue weighted by Crippen LogP contribution is -2.35. The number of methoxy groups -OCH3 is 2. The lowest BCUT2D eigenvalue weighted by atomic mass is 9.89. The second kappa shape index (κ2) is 5.05. The minimum atomic E-state index is -0.124. The zero-order valence-electron chi connectivity index (χ0n) is 14.0. The monoisotopic (exact) mass is 339 g/mol. The van der Waals surface area contributed by atoms with Crippen molar-refractivity contribution in [1.82, 2.24) is 4.90 Å². The van der Waals surface area contributed by atoms with Crippen molar-refractivity contribution < 1.29 is 23.7 Å². The van der Waals surface area contributed by atoms with Crippen LogP contribution >= 0.6 is 0 Å². The van der Waals surface area contributed by atoms with Crippen LogP contribution in [0.4, 0.5) is 0 Å². The standard InChI is InChI=1S/C19H17NO5/c1-22-13-4-3-11-16(18(13)23-2)19(21)20-6-5-10-7-14-15(25-9-24-14)8-12(10)17(11)20/h3-4,7-8,17H,5-6,9H2,1-2H3. The van der Waals surface area contributed by atoms with E-state index in [2.05, 4.69) is 0 Å². The first-order valence-electron chi connectivity index (χ1n) is 8.21. The molecule has 0 spiro atoms. The molecule has 0 bridgehead atoms. The first-order valence-corrected chi connectivity index (χ1v) is 8.21. The Morgan fingerprint density at radius 1 is 1.08 bits per heavy atom. The van der Waals surface area contributed by atoms with Gasteiger partial charge in [0, 0.05) is 6.54 Å². The molecule has 0 aliphatic carbocycles. The largest absolute Gasteiger partial charge is 0.493 e. The molecule has 3 heterocycles. The molecule has 0 fully saturated rings. The third-order valence-electron chi connectivity index (χ3n) is 5.21. The summed E-state index contributed by atoms with van der Waals surface area (Å²) in [6, 6.07) is 7.74. The fourth-order valence-corrected chi connectivity index (χ4v) is 4.10.